The Kier molecular flexibility index (Phi) is 6.54. The summed E-state index contributed by atoms with van der Waals surface area (Å²) < 4.78 is 25.5. The SMILES string of the molecule is O=C(c1ccccc1F)N1CCC2(CCCCc3ccccc3OCCOC2=O)CC1. The van der Waals surface area contributed by atoms with Crippen LogP contribution in [0, 0.1) is 11.2 Å². The van der Waals surface area contributed by atoms with Crippen molar-refractivity contribution in [2.45, 2.75) is 38.5 Å². The van der Waals surface area contributed by atoms with E-state index in [2.05, 4.69) is 6.07 Å². The Morgan fingerprint density at radius 1 is 0.903 bits per heavy atom. The Hall–Kier alpha value is -2.89. The average Bonchev–Trinajstić information content (AvgIpc) is 2.80. The molecule has 0 atom stereocenters. The number of cyclic esters (lactones) is 1. The number of hydrogen-bond acceptors (Lipinski definition) is 4. The van der Waals surface area contributed by atoms with E-state index < -0.39 is 11.2 Å². The average molecular weight is 426 g/mol. The molecule has 5 nitrogen and oxygen atoms in total. The van der Waals surface area contributed by atoms with Crippen molar-refractivity contribution >= 4 is 11.9 Å². The van der Waals surface area contributed by atoms with Gasteiger partial charge in [-0.3, -0.25) is 9.59 Å². The number of para-hydroxylation sites is 1. The molecular formula is C25H28FNO4. The van der Waals surface area contributed by atoms with E-state index in [1.165, 1.54) is 17.7 Å². The van der Waals surface area contributed by atoms with Gasteiger partial charge in [-0.25, -0.2) is 4.39 Å². The van der Waals surface area contributed by atoms with Crippen molar-refractivity contribution < 1.29 is 23.5 Å². The van der Waals surface area contributed by atoms with Gasteiger partial charge >= 0.3 is 5.97 Å². The fourth-order valence-corrected chi connectivity index (χ4v) is 4.57. The normalized spacial score (nSPS) is 19.4. The highest BCUT2D eigenvalue weighted by molar-refractivity contribution is 5.94. The molecule has 1 spiro atoms. The van der Waals surface area contributed by atoms with Crippen molar-refractivity contribution in [3.63, 3.8) is 0 Å². The van der Waals surface area contributed by atoms with Gasteiger partial charge in [0.1, 0.15) is 24.8 Å². The van der Waals surface area contributed by atoms with Crippen LogP contribution in [-0.4, -0.2) is 43.1 Å². The van der Waals surface area contributed by atoms with Crippen molar-refractivity contribution in [2.24, 2.45) is 5.41 Å². The van der Waals surface area contributed by atoms with E-state index in [0.29, 0.717) is 32.5 Å². The van der Waals surface area contributed by atoms with Gasteiger partial charge in [0.15, 0.2) is 0 Å². The molecule has 0 aliphatic carbocycles. The van der Waals surface area contributed by atoms with Gasteiger partial charge < -0.3 is 14.4 Å². The molecule has 1 fully saturated rings. The predicted octanol–water partition coefficient (Wildman–Crippen LogP) is 4.40. The maximum Gasteiger partial charge on any atom is 0.312 e. The van der Waals surface area contributed by atoms with E-state index in [1.54, 1.807) is 17.0 Å². The number of fused-ring (bicyclic) bond motifs is 1. The second kappa shape index (κ2) is 9.50. The van der Waals surface area contributed by atoms with Crippen molar-refractivity contribution in [1.82, 2.24) is 4.90 Å². The fourth-order valence-electron chi connectivity index (χ4n) is 4.57. The van der Waals surface area contributed by atoms with E-state index >= 15 is 0 Å². The highest BCUT2D eigenvalue weighted by atomic mass is 19.1. The summed E-state index contributed by atoms with van der Waals surface area (Å²) in [6.07, 6.45) is 4.54. The van der Waals surface area contributed by atoms with Crippen LogP contribution in [0.3, 0.4) is 0 Å². The highest BCUT2D eigenvalue weighted by Gasteiger charge is 2.43. The molecule has 0 bridgehead atoms. The summed E-state index contributed by atoms with van der Waals surface area (Å²) in [4.78, 5) is 27.4. The molecule has 4 rings (SSSR count). The molecule has 2 aromatic carbocycles. The number of likely N-dealkylation sites (tertiary alicyclic amines) is 1. The molecule has 164 valence electrons. The van der Waals surface area contributed by atoms with Gasteiger partial charge in [0.2, 0.25) is 0 Å². The number of esters is 1. The monoisotopic (exact) mass is 425 g/mol. The number of hydrogen-bond donors (Lipinski definition) is 0. The topological polar surface area (TPSA) is 55.8 Å². The lowest BCUT2D eigenvalue weighted by molar-refractivity contribution is -0.160. The highest BCUT2D eigenvalue weighted by Crippen LogP contribution is 2.39. The van der Waals surface area contributed by atoms with Crippen LogP contribution in [0.2, 0.25) is 0 Å². The molecule has 2 aliphatic heterocycles. The molecular weight excluding hydrogens is 397 g/mol. The van der Waals surface area contributed by atoms with Crippen LogP contribution >= 0.6 is 0 Å². The van der Waals surface area contributed by atoms with E-state index in [1.807, 2.05) is 18.2 Å². The number of carbonyl (C=O) groups excluding carboxylic acids is 2. The molecule has 1 saturated heterocycles. The van der Waals surface area contributed by atoms with Gasteiger partial charge in [0.25, 0.3) is 5.91 Å². The molecule has 0 saturated carbocycles. The number of halogens is 1. The molecule has 0 N–H and O–H groups in total. The third-order valence-electron chi connectivity index (χ3n) is 6.44. The van der Waals surface area contributed by atoms with Gasteiger partial charge in [0.05, 0.1) is 11.0 Å². The number of carbonyl (C=O) groups is 2. The maximum atomic E-state index is 14.0. The third kappa shape index (κ3) is 4.73. The zero-order valence-electron chi connectivity index (χ0n) is 17.6. The lowest BCUT2D eigenvalue weighted by Crippen LogP contribution is -2.47. The predicted molar refractivity (Wildman–Crippen MR) is 114 cm³/mol. The number of benzene rings is 2. The van der Waals surface area contributed by atoms with Crippen LogP contribution in [0.25, 0.3) is 0 Å². The molecule has 0 aromatic heterocycles. The van der Waals surface area contributed by atoms with Gasteiger partial charge in [-0.15, -0.1) is 0 Å². The first-order chi connectivity index (χ1) is 15.1. The molecule has 0 radical (unpaired) electrons. The Balaban J connectivity index is 1.43. The zero-order chi connectivity index (χ0) is 21.7. The van der Waals surface area contributed by atoms with Crippen molar-refractivity contribution in [1.29, 1.82) is 0 Å². The molecule has 2 aliphatic rings. The number of ether oxygens (including phenoxy) is 2. The quantitative estimate of drug-likeness (QED) is 0.636. The van der Waals surface area contributed by atoms with E-state index in [-0.39, 0.29) is 24.0 Å². The fraction of sp³-hybridized carbons (Fsp3) is 0.440. The van der Waals surface area contributed by atoms with Crippen LogP contribution in [-0.2, 0) is 16.0 Å². The number of nitrogens with zero attached hydrogens (tertiary/aromatic N) is 1. The second-order valence-electron chi connectivity index (χ2n) is 8.35. The first kappa shape index (κ1) is 21.3. The number of rotatable bonds is 1. The summed E-state index contributed by atoms with van der Waals surface area (Å²) in [5.41, 5.74) is 0.661. The Labute approximate surface area is 182 Å². The Morgan fingerprint density at radius 2 is 1.61 bits per heavy atom. The molecule has 2 aromatic rings. The number of aryl methyl sites for hydroxylation is 1. The first-order valence-electron chi connectivity index (χ1n) is 11.0. The maximum absolute atomic E-state index is 14.0. The van der Waals surface area contributed by atoms with Gasteiger partial charge in [-0.05, 0) is 55.9 Å². The minimum Gasteiger partial charge on any atom is -0.490 e. The summed E-state index contributed by atoms with van der Waals surface area (Å²) in [5.74, 6) is -0.185. The molecule has 2 heterocycles. The van der Waals surface area contributed by atoms with E-state index in [9.17, 15) is 14.0 Å². The van der Waals surface area contributed by atoms with Crippen molar-refractivity contribution in [3.05, 3.63) is 65.5 Å². The molecule has 6 heteroatoms. The summed E-state index contributed by atoms with van der Waals surface area (Å²) in [6.45, 7) is 1.35. The largest absolute Gasteiger partial charge is 0.490 e. The van der Waals surface area contributed by atoms with E-state index in [0.717, 1.165) is 31.4 Å². The summed E-state index contributed by atoms with van der Waals surface area (Å²) in [5, 5.41) is 0. The van der Waals surface area contributed by atoms with Gasteiger partial charge in [0, 0.05) is 13.1 Å². The number of amides is 1. The molecule has 1 amide bonds. The minimum atomic E-state index is -0.593. The van der Waals surface area contributed by atoms with Gasteiger partial charge in [-0.2, -0.15) is 0 Å². The second-order valence-corrected chi connectivity index (χ2v) is 8.35. The third-order valence-corrected chi connectivity index (χ3v) is 6.44. The molecule has 31 heavy (non-hydrogen) atoms. The lowest BCUT2D eigenvalue weighted by Gasteiger charge is -2.40. The summed E-state index contributed by atoms with van der Waals surface area (Å²) in [7, 11) is 0. The lowest BCUT2D eigenvalue weighted by atomic mass is 9.74. The molecule has 0 unspecified atom stereocenters. The summed E-state index contributed by atoms with van der Waals surface area (Å²) >= 11 is 0. The Bertz CT molecular complexity index is 937. The van der Waals surface area contributed by atoms with Crippen LogP contribution in [0.15, 0.2) is 48.5 Å². The van der Waals surface area contributed by atoms with Gasteiger partial charge in [-0.1, -0.05) is 36.8 Å². The Morgan fingerprint density at radius 3 is 2.42 bits per heavy atom. The van der Waals surface area contributed by atoms with Crippen LogP contribution in [0.1, 0.15) is 48.0 Å². The summed E-state index contributed by atoms with van der Waals surface area (Å²) in [6, 6.07) is 14.0. The number of piperidine rings is 1. The van der Waals surface area contributed by atoms with Crippen LogP contribution in [0.4, 0.5) is 4.39 Å². The van der Waals surface area contributed by atoms with E-state index in [4.69, 9.17) is 9.47 Å². The van der Waals surface area contributed by atoms with Crippen LogP contribution < -0.4 is 4.74 Å². The zero-order valence-corrected chi connectivity index (χ0v) is 17.6. The van der Waals surface area contributed by atoms with Crippen molar-refractivity contribution in [2.75, 3.05) is 26.3 Å². The smallest absolute Gasteiger partial charge is 0.312 e. The standard InChI is InChI=1S/C25H28FNO4/c26-21-10-3-2-9-20(21)23(28)27-15-13-25(14-16-27)12-6-5-8-19-7-1-4-11-22(19)30-17-18-31-24(25)29/h1-4,7,9-11H,5-6,8,12-18H2. The van der Waals surface area contributed by atoms with Crippen LogP contribution in [0.5, 0.6) is 5.75 Å². The first-order valence-corrected chi connectivity index (χ1v) is 11.0. The van der Waals surface area contributed by atoms with Crippen molar-refractivity contribution in [3.8, 4) is 5.75 Å². The minimum absolute atomic E-state index is 0.0792.